The molecule has 0 saturated heterocycles. The number of hydrogen-bond acceptors (Lipinski definition) is 2. The fourth-order valence-electron chi connectivity index (χ4n) is 1.77. The molecule has 0 fully saturated rings. The van der Waals surface area contributed by atoms with E-state index in [9.17, 15) is 4.79 Å². The van der Waals surface area contributed by atoms with Crippen LogP contribution in [0.2, 0.25) is 10.0 Å². The highest BCUT2D eigenvalue weighted by Gasteiger charge is 2.34. The molecule has 0 aliphatic rings. The van der Waals surface area contributed by atoms with E-state index in [2.05, 4.69) is 10.6 Å². The minimum atomic E-state index is -1.78. The first-order valence-electron chi connectivity index (χ1n) is 6.41. The van der Waals surface area contributed by atoms with Crippen LogP contribution in [0.3, 0.4) is 0 Å². The molecule has 23 heavy (non-hydrogen) atoms. The van der Waals surface area contributed by atoms with Gasteiger partial charge >= 0.3 is 0 Å². The Morgan fingerprint density at radius 1 is 0.957 bits per heavy atom. The van der Waals surface area contributed by atoms with E-state index in [-0.39, 0.29) is 5.56 Å². The van der Waals surface area contributed by atoms with Gasteiger partial charge in [-0.05, 0) is 36.4 Å². The number of alkyl halides is 3. The number of hydrogen-bond donors (Lipinski definition) is 2. The lowest BCUT2D eigenvalue weighted by atomic mass is 10.2. The monoisotopic (exact) mass is 410 g/mol. The lowest BCUT2D eigenvalue weighted by Gasteiger charge is -2.27. The summed E-state index contributed by atoms with van der Waals surface area (Å²) >= 11 is 29.7. The van der Waals surface area contributed by atoms with Crippen LogP contribution in [0, 0.1) is 0 Å². The number of nitrogens with one attached hydrogen (secondary N) is 2. The Morgan fingerprint density at radius 2 is 1.57 bits per heavy atom. The van der Waals surface area contributed by atoms with Crippen LogP contribution < -0.4 is 10.6 Å². The molecule has 3 nitrogen and oxygen atoms in total. The van der Waals surface area contributed by atoms with Crippen molar-refractivity contribution in [1.82, 2.24) is 5.32 Å². The summed E-state index contributed by atoms with van der Waals surface area (Å²) in [5.74, 6) is -0.464. The molecule has 1 amide bonds. The predicted octanol–water partition coefficient (Wildman–Crippen LogP) is 5.53. The number of anilines is 1. The predicted molar refractivity (Wildman–Crippen MR) is 98.1 cm³/mol. The smallest absolute Gasteiger partial charge is 0.254 e. The quantitative estimate of drug-likeness (QED) is 0.512. The van der Waals surface area contributed by atoms with Crippen molar-refractivity contribution in [2.45, 2.75) is 9.96 Å². The normalized spacial score (nSPS) is 12.6. The molecule has 0 heterocycles. The van der Waals surface area contributed by atoms with Gasteiger partial charge in [0.2, 0.25) is 3.79 Å². The van der Waals surface area contributed by atoms with Crippen LogP contribution in [0.25, 0.3) is 0 Å². The number of carbonyl (C=O) groups is 1. The van der Waals surface area contributed by atoms with Crippen LogP contribution in [-0.2, 0) is 0 Å². The maximum Gasteiger partial charge on any atom is 0.254 e. The number of halogens is 5. The van der Waals surface area contributed by atoms with Crippen molar-refractivity contribution in [1.29, 1.82) is 0 Å². The molecular formula is C15H11Cl5N2O. The van der Waals surface area contributed by atoms with E-state index in [0.29, 0.717) is 15.7 Å². The van der Waals surface area contributed by atoms with Crippen molar-refractivity contribution < 1.29 is 4.79 Å². The van der Waals surface area contributed by atoms with Crippen LogP contribution in [0.1, 0.15) is 10.4 Å². The van der Waals surface area contributed by atoms with Crippen LogP contribution in [0.5, 0.6) is 0 Å². The average molecular weight is 413 g/mol. The summed E-state index contributed by atoms with van der Waals surface area (Å²) in [4.78, 5) is 12.3. The zero-order chi connectivity index (χ0) is 17.0. The standard InChI is InChI=1S/C15H11Cl5N2O/c16-9-5-7-10(8-6-9)21-14(15(18,19)20)22-13(23)11-3-1-2-4-12(11)17/h1-8,14,21H,(H,22,23). The minimum absolute atomic E-state index is 0.284. The molecule has 0 aliphatic carbocycles. The number of carbonyl (C=O) groups excluding carboxylic acids is 1. The first-order valence-corrected chi connectivity index (χ1v) is 8.30. The van der Waals surface area contributed by atoms with Gasteiger partial charge in [0.05, 0.1) is 10.6 Å². The number of rotatable bonds is 4. The number of benzene rings is 2. The van der Waals surface area contributed by atoms with Gasteiger partial charge in [0.25, 0.3) is 5.91 Å². The lowest BCUT2D eigenvalue weighted by Crippen LogP contribution is -2.49. The Hall–Kier alpha value is -0.840. The van der Waals surface area contributed by atoms with Gasteiger partial charge in [-0.2, -0.15) is 0 Å². The third-order valence-corrected chi connectivity index (χ3v) is 4.11. The van der Waals surface area contributed by atoms with Gasteiger partial charge in [-0.3, -0.25) is 4.79 Å². The second-order valence-electron chi connectivity index (χ2n) is 4.58. The SMILES string of the molecule is O=C(NC(Nc1ccc(Cl)cc1)C(Cl)(Cl)Cl)c1ccccc1Cl. The number of amides is 1. The molecule has 0 saturated carbocycles. The molecule has 0 spiro atoms. The molecule has 1 atom stereocenters. The summed E-state index contributed by atoms with van der Waals surface area (Å²) in [5.41, 5.74) is 0.913. The zero-order valence-electron chi connectivity index (χ0n) is 11.5. The third kappa shape index (κ3) is 5.33. The topological polar surface area (TPSA) is 41.1 Å². The first-order chi connectivity index (χ1) is 10.8. The summed E-state index contributed by atoms with van der Waals surface area (Å²) in [7, 11) is 0. The molecule has 2 N–H and O–H groups in total. The van der Waals surface area contributed by atoms with Crippen molar-refractivity contribution in [3.8, 4) is 0 Å². The van der Waals surface area contributed by atoms with E-state index in [4.69, 9.17) is 58.0 Å². The highest BCUT2D eigenvalue weighted by Crippen LogP contribution is 2.31. The van der Waals surface area contributed by atoms with Crippen LogP contribution in [-0.4, -0.2) is 15.9 Å². The molecule has 2 rings (SSSR count). The van der Waals surface area contributed by atoms with Crippen LogP contribution >= 0.6 is 58.0 Å². The van der Waals surface area contributed by atoms with Gasteiger partial charge in [-0.25, -0.2) is 0 Å². The Balaban J connectivity index is 2.18. The summed E-state index contributed by atoms with van der Waals surface area (Å²) in [6, 6.07) is 13.4. The molecule has 0 aromatic heterocycles. The molecule has 2 aromatic carbocycles. The van der Waals surface area contributed by atoms with Gasteiger partial charge in [0, 0.05) is 10.7 Å². The highest BCUT2D eigenvalue weighted by atomic mass is 35.6. The summed E-state index contributed by atoms with van der Waals surface area (Å²) in [5, 5.41) is 6.43. The molecule has 0 bridgehead atoms. The second kappa shape index (κ2) is 7.82. The Bertz CT molecular complexity index is 685. The van der Waals surface area contributed by atoms with E-state index >= 15 is 0 Å². The molecule has 1 unspecified atom stereocenters. The highest BCUT2D eigenvalue weighted by molar-refractivity contribution is 6.68. The van der Waals surface area contributed by atoms with E-state index in [1.165, 1.54) is 0 Å². The van der Waals surface area contributed by atoms with E-state index < -0.39 is 15.9 Å². The zero-order valence-corrected chi connectivity index (χ0v) is 15.3. The fourth-order valence-corrected chi connectivity index (χ4v) is 2.44. The van der Waals surface area contributed by atoms with Crippen molar-refractivity contribution in [2.24, 2.45) is 0 Å². The Labute approximate surface area is 158 Å². The Kier molecular flexibility index (Phi) is 6.29. The molecule has 2 aromatic rings. The van der Waals surface area contributed by atoms with E-state index in [1.807, 2.05) is 0 Å². The largest absolute Gasteiger partial charge is 0.362 e. The van der Waals surface area contributed by atoms with Gasteiger partial charge in [0.15, 0.2) is 0 Å². The Morgan fingerprint density at radius 3 is 2.13 bits per heavy atom. The van der Waals surface area contributed by atoms with Crippen molar-refractivity contribution >= 4 is 69.6 Å². The second-order valence-corrected chi connectivity index (χ2v) is 7.79. The van der Waals surface area contributed by atoms with Crippen molar-refractivity contribution in [3.05, 3.63) is 64.1 Å². The molecule has 8 heteroatoms. The minimum Gasteiger partial charge on any atom is -0.362 e. The summed E-state index contributed by atoms with van der Waals surface area (Å²) < 4.78 is -1.78. The first kappa shape index (κ1) is 18.5. The van der Waals surface area contributed by atoms with Gasteiger partial charge in [-0.1, -0.05) is 70.1 Å². The van der Waals surface area contributed by atoms with Gasteiger partial charge in [-0.15, -0.1) is 0 Å². The van der Waals surface area contributed by atoms with Gasteiger partial charge in [0.1, 0.15) is 6.17 Å². The van der Waals surface area contributed by atoms with Crippen LogP contribution in [0.4, 0.5) is 5.69 Å². The summed E-state index contributed by atoms with van der Waals surface area (Å²) in [6.45, 7) is 0. The molecule has 0 aliphatic heterocycles. The van der Waals surface area contributed by atoms with E-state index in [0.717, 1.165) is 0 Å². The third-order valence-electron chi connectivity index (χ3n) is 2.88. The van der Waals surface area contributed by atoms with Gasteiger partial charge < -0.3 is 10.6 Å². The fraction of sp³-hybridized carbons (Fsp3) is 0.133. The molecule has 122 valence electrons. The van der Waals surface area contributed by atoms with E-state index in [1.54, 1.807) is 48.5 Å². The average Bonchev–Trinajstić information content (AvgIpc) is 2.48. The molecule has 0 radical (unpaired) electrons. The summed E-state index contributed by atoms with van der Waals surface area (Å²) in [6.07, 6.45) is -0.975. The lowest BCUT2D eigenvalue weighted by molar-refractivity contribution is 0.0942. The molecular weight excluding hydrogens is 401 g/mol. The maximum atomic E-state index is 12.3. The van der Waals surface area contributed by atoms with Crippen molar-refractivity contribution in [2.75, 3.05) is 5.32 Å². The maximum absolute atomic E-state index is 12.3. The van der Waals surface area contributed by atoms with Crippen LogP contribution in [0.15, 0.2) is 48.5 Å². The van der Waals surface area contributed by atoms with Crippen molar-refractivity contribution in [3.63, 3.8) is 0 Å².